The van der Waals surface area contributed by atoms with Crippen LogP contribution in [0.4, 0.5) is 10.1 Å². The Morgan fingerprint density at radius 1 is 1.24 bits per heavy atom. The number of aromatic nitrogens is 1. The van der Waals surface area contributed by atoms with Crippen molar-refractivity contribution in [3.05, 3.63) is 60.6 Å². The molecule has 2 aromatic heterocycles. The molecule has 0 bridgehead atoms. The summed E-state index contributed by atoms with van der Waals surface area (Å²) in [6.07, 6.45) is 2.51. The Morgan fingerprint density at radius 2 is 2.08 bits per heavy atom. The maximum absolute atomic E-state index is 13.6. The molecule has 7 nitrogen and oxygen atoms in total. The summed E-state index contributed by atoms with van der Waals surface area (Å²) in [4.78, 5) is 29.6. The van der Waals surface area contributed by atoms with Crippen molar-refractivity contribution in [1.82, 2.24) is 4.98 Å². The zero-order valence-corrected chi connectivity index (χ0v) is 13.1. The van der Waals surface area contributed by atoms with E-state index in [4.69, 9.17) is 8.83 Å². The molecule has 0 fully saturated rings. The molecule has 0 aliphatic rings. The number of halogens is 1. The summed E-state index contributed by atoms with van der Waals surface area (Å²) in [5, 5.41) is 0. The first-order chi connectivity index (χ1) is 12.1. The Bertz CT molecular complexity index is 888. The molecule has 0 spiro atoms. The van der Waals surface area contributed by atoms with E-state index in [1.165, 1.54) is 31.6 Å². The number of nitrogens with zero attached hydrogens (tertiary/aromatic N) is 2. The van der Waals surface area contributed by atoms with Crippen LogP contribution in [0.5, 0.6) is 0 Å². The van der Waals surface area contributed by atoms with Crippen molar-refractivity contribution in [2.24, 2.45) is 0 Å². The maximum Gasteiger partial charge on any atom is 0.325 e. The molecule has 0 atom stereocenters. The molecule has 0 saturated heterocycles. The molecule has 1 amide bonds. The third-order valence-corrected chi connectivity index (χ3v) is 3.39. The van der Waals surface area contributed by atoms with Crippen molar-refractivity contribution in [1.29, 1.82) is 0 Å². The van der Waals surface area contributed by atoms with Crippen LogP contribution in [0.15, 0.2) is 57.9 Å². The number of amides is 1. The average Bonchev–Trinajstić information content (AvgIpc) is 3.29. The monoisotopic (exact) mass is 344 g/mol. The Labute approximate surface area is 141 Å². The summed E-state index contributed by atoms with van der Waals surface area (Å²) >= 11 is 0. The van der Waals surface area contributed by atoms with Crippen LogP contribution in [0, 0.1) is 5.82 Å². The van der Waals surface area contributed by atoms with E-state index in [2.05, 4.69) is 9.72 Å². The summed E-state index contributed by atoms with van der Waals surface area (Å²) in [7, 11) is 1.20. The topological polar surface area (TPSA) is 85.8 Å². The number of carbonyl (C=O) groups is 2. The van der Waals surface area contributed by atoms with Crippen molar-refractivity contribution < 1.29 is 27.6 Å². The average molecular weight is 344 g/mol. The number of methoxy groups -OCH3 is 1. The number of benzene rings is 1. The number of esters is 1. The number of hydrogen-bond donors (Lipinski definition) is 0. The van der Waals surface area contributed by atoms with Crippen molar-refractivity contribution in [3.63, 3.8) is 0 Å². The molecular formula is C17H13FN2O5. The zero-order chi connectivity index (χ0) is 17.8. The van der Waals surface area contributed by atoms with Gasteiger partial charge in [0.25, 0.3) is 5.91 Å². The molecule has 25 heavy (non-hydrogen) atoms. The van der Waals surface area contributed by atoms with Gasteiger partial charge in [0, 0.05) is 5.69 Å². The highest BCUT2D eigenvalue weighted by Crippen LogP contribution is 2.26. The fourth-order valence-corrected chi connectivity index (χ4v) is 2.23. The first-order valence-corrected chi connectivity index (χ1v) is 7.21. The van der Waals surface area contributed by atoms with Crippen LogP contribution >= 0.6 is 0 Å². The van der Waals surface area contributed by atoms with E-state index in [9.17, 15) is 14.0 Å². The van der Waals surface area contributed by atoms with Crippen molar-refractivity contribution in [2.75, 3.05) is 18.6 Å². The zero-order valence-electron chi connectivity index (χ0n) is 13.1. The number of rotatable bonds is 5. The second-order valence-electron chi connectivity index (χ2n) is 4.95. The lowest BCUT2D eigenvalue weighted by atomic mass is 10.2. The van der Waals surface area contributed by atoms with Gasteiger partial charge in [0.15, 0.2) is 17.8 Å². The third kappa shape index (κ3) is 3.42. The summed E-state index contributed by atoms with van der Waals surface area (Å²) in [5.74, 6) is -1.46. The number of anilines is 1. The first kappa shape index (κ1) is 16.4. The van der Waals surface area contributed by atoms with E-state index < -0.39 is 24.2 Å². The summed E-state index contributed by atoms with van der Waals surface area (Å²) in [5.41, 5.74) is 0.118. The van der Waals surface area contributed by atoms with Gasteiger partial charge in [-0.05, 0) is 30.3 Å². The van der Waals surface area contributed by atoms with E-state index in [1.807, 2.05) is 0 Å². The molecule has 128 valence electrons. The molecule has 0 saturated carbocycles. The Balaban J connectivity index is 2.00. The van der Waals surface area contributed by atoms with E-state index in [0.717, 1.165) is 17.4 Å². The van der Waals surface area contributed by atoms with Gasteiger partial charge in [-0.25, -0.2) is 9.37 Å². The highest BCUT2D eigenvalue weighted by molar-refractivity contribution is 6.09. The van der Waals surface area contributed by atoms with Gasteiger partial charge in [-0.2, -0.15) is 0 Å². The Morgan fingerprint density at radius 3 is 2.76 bits per heavy atom. The quantitative estimate of drug-likeness (QED) is 0.662. The highest BCUT2D eigenvalue weighted by atomic mass is 19.1. The van der Waals surface area contributed by atoms with Gasteiger partial charge in [0.05, 0.1) is 13.4 Å². The molecule has 0 unspecified atom stereocenters. The second-order valence-corrected chi connectivity index (χ2v) is 4.95. The van der Waals surface area contributed by atoms with Crippen LogP contribution in [-0.2, 0) is 9.53 Å². The van der Waals surface area contributed by atoms with E-state index in [0.29, 0.717) is 5.76 Å². The fourth-order valence-electron chi connectivity index (χ4n) is 2.23. The summed E-state index contributed by atoms with van der Waals surface area (Å²) < 4.78 is 28.6. The van der Waals surface area contributed by atoms with Crippen LogP contribution in [-0.4, -0.2) is 30.5 Å². The summed E-state index contributed by atoms with van der Waals surface area (Å²) in [6, 6.07) is 8.52. The molecule has 2 heterocycles. The fraction of sp³-hybridized carbons (Fsp3) is 0.118. The standard InChI is InChI=1S/C17H13FN2O5/c1-23-14(21)9-20(12-5-2-4-11(18)8-12)17(22)15-16(25-10-19-15)13-6-3-7-24-13/h2-8,10H,9H2,1H3. The van der Waals surface area contributed by atoms with Crippen molar-refractivity contribution in [3.8, 4) is 11.5 Å². The maximum atomic E-state index is 13.6. The molecule has 1 aromatic carbocycles. The van der Waals surface area contributed by atoms with E-state index >= 15 is 0 Å². The minimum atomic E-state index is -0.666. The number of furan rings is 1. The molecule has 0 N–H and O–H groups in total. The molecular weight excluding hydrogens is 331 g/mol. The Kier molecular flexibility index (Phi) is 4.60. The van der Waals surface area contributed by atoms with Gasteiger partial charge in [-0.15, -0.1) is 0 Å². The smallest absolute Gasteiger partial charge is 0.325 e. The number of hydrogen-bond acceptors (Lipinski definition) is 6. The Hall–Kier alpha value is -3.42. The van der Waals surface area contributed by atoms with E-state index in [1.54, 1.807) is 12.1 Å². The number of carbonyl (C=O) groups excluding carboxylic acids is 2. The van der Waals surface area contributed by atoms with Gasteiger partial charge in [-0.3, -0.25) is 14.5 Å². The largest absolute Gasteiger partial charge is 0.468 e. The molecule has 0 radical (unpaired) electrons. The minimum absolute atomic E-state index is 0.0666. The first-order valence-electron chi connectivity index (χ1n) is 7.21. The van der Waals surface area contributed by atoms with Gasteiger partial charge in [0.1, 0.15) is 12.4 Å². The normalized spacial score (nSPS) is 10.5. The predicted molar refractivity (Wildman–Crippen MR) is 84.3 cm³/mol. The lowest BCUT2D eigenvalue weighted by Gasteiger charge is -2.20. The van der Waals surface area contributed by atoms with Gasteiger partial charge < -0.3 is 13.6 Å². The molecule has 3 aromatic rings. The minimum Gasteiger partial charge on any atom is -0.468 e. The van der Waals surface area contributed by atoms with Crippen LogP contribution in [0.2, 0.25) is 0 Å². The van der Waals surface area contributed by atoms with Gasteiger partial charge in [0.2, 0.25) is 5.76 Å². The number of oxazole rings is 1. The van der Waals surface area contributed by atoms with Gasteiger partial charge in [-0.1, -0.05) is 6.07 Å². The highest BCUT2D eigenvalue weighted by Gasteiger charge is 2.28. The van der Waals surface area contributed by atoms with Crippen LogP contribution in [0.25, 0.3) is 11.5 Å². The predicted octanol–water partition coefficient (Wildman–Crippen LogP) is 2.89. The van der Waals surface area contributed by atoms with Crippen LogP contribution < -0.4 is 4.90 Å². The second kappa shape index (κ2) is 7.00. The number of ether oxygens (including phenoxy) is 1. The molecule has 8 heteroatoms. The van der Waals surface area contributed by atoms with Crippen molar-refractivity contribution in [2.45, 2.75) is 0 Å². The SMILES string of the molecule is COC(=O)CN(C(=O)c1ncoc1-c1ccco1)c1cccc(F)c1. The van der Waals surface area contributed by atoms with E-state index in [-0.39, 0.29) is 17.1 Å². The van der Waals surface area contributed by atoms with Gasteiger partial charge >= 0.3 is 5.97 Å². The van der Waals surface area contributed by atoms with Crippen LogP contribution in [0.1, 0.15) is 10.5 Å². The molecule has 3 rings (SSSR count). The lowest BCUT2D eigenvalue weighted by molar-refractivity contribution is -0.138. The molecule has 0 aliphatic carbocycles. The lowest BCUT2D eigenvalue weighted by Crippen LogP contribution is -2.36. The third-order valence-electron chi connectivity index (χ3n) is 3.39. The van der Waals surface area contributed by atoms with Crippen LogP contribution in [0.3, 0.4) is 0 Å². The van der Waals surface area contributed by atoms with Crippen molar-refractivity contribution >= 4 is 17.6 Å². The summed E-state index contributed by atoms with van der Waals surface area (Å²) in [6.45, 7) is -0.413. The molecule has 0 aliphatic heterocycles.